The highest BCUT2D eigenvalue weighted by Gasteiger charge is 2.32. The third-order valence-corrected chi connectivity index (χ3v) is 3.88. The van der Waals surface area contributed by atoms with Crippen molar-refractivity contribution in [1.82, 2.24) is 15.5 Å². The molecule has 0 spiro atoms. The first-order valence-electron chi connectivity index (χ1n) is 7.03. The molecular weight excluding hydrogens is 246 g/mol. The van der Waals surface area contributed by atoms with Gasteiger partial charge in [-0.15, -0.1) is 0 Å². The van der Waals surface area contributed by atoms with Gasteiger partial charge in [0, 0.05) is 32.1 Å². The maximum absolute atomic E-state index is 12.0. The molecule has 2 heterocycles. The van der Waals surface area contributed by atoms with Crippen molar-refractivity contribution in [2.75, 3.05) is 39.9 Å². The number of amides is 2. The Bertz CT molecular complexity index is 329. The zero-order valence-electron chi connectivity index (χ0n) is 11.5. The van der Waals surface area contributed by atoms with Crippen LogP contribution in [-0.4, -0.2) is 62.7 Å². The summed E-state index contributed by atoms with van der Waals surface area (Å²) in [7, 11) is 1.83. The maximum atomic E-state index is 12.0. The predicted molar refractivity (Wildman–Crippen MR) is 70.6 cm³/mol. The normalized spacial score (nSPS) is 26.7. The minimum atomic E-state index is -0.146. The average Bonchev–Trinajstić information content (AvgIpc) is 3.09. The fourth-order valence-electron chi connectivity index (χ4n) is 2.65. The van der Waals surface area contributed by atoms with Gasteiger partial charge < -0.3 is 20.3 Å². The van der Waals surface area contributed by atoms with E-state index in [0.717, 1.165) is 25.9 Å². The van der Waals surface area contributed by atoms with Gasteiger partial charge in [-0.25, -0.2) is 0 Å². The van der Waals surface area contributed by atoms with Crippen molar-refractivity contribution in [1.29, 1.82) is 0 Å². The lowest BCUT2D eigenvalue weighted by molar-refractivity contribution is -0.130. The Morgan fingerprint density at radius 2 is 2.00 bits per heavy atom. The van der Waals surface area contributed by atoms with E-state index >= 15 is 0 Å². The van der Waals surface area contributed by atoms with E-state index in [1.807, 2.05) is 11.9 Å². The van der Waals surface area contributed by atoms with Crippen LogP contribution in [0.15, 0.2) is 0 Å². The molecule has 108 valence electrons. The van der Waals surface area contributed by atoms with E-state index in [-0.39, 0.29) is 23.8 Å². The number of hydrogen-bond donors (Lipinski definition) is 2. The first-order valence-corrected chi connectivity index (χ1v) is 7.03. The quantitative estimate of drug-likeness (QED) is 0.696. The first kappa shape index (κ1) is 14.3. The van der Waals surface area contributed by atoms with Crippen molar-refractivity contribution in [2.24, 2.45) is 5.92 Å². The molecule has 6 nitrogen and oxygen atoms in total. The molecule has 2 aliphatic rings. The highest BCUT2D eigenvalue weighted by atomic mass is 16.5. The molecule has 2 rings (SSSR count). The van der Waals surface area contributed by atoms with Crippen LogP contribution in [0.25, 0.3) is 0 Å². The monoisotopic (exact) mass is 269 g/mol. The minimum absolute atomic E-state index is 0.0222. The van der Waals surface area contributed by atoms with Crippen molar-refractivity contribution < 1.29 is 14.3 Å². The average molecular weight is 269 g/mol. The van der Waals surface area contributed by atoms with E-state index in [2.05, 4.69) is 10.6 Å². The SMILES string of the molecule is CNC1COCC1C(=O)NCCC(=O)N1CCCC1. The molecular formula is C13H23N3O3. The largest absolute Gasteiger partial charge is 0.379 e. The van der Waals surface area contributed by atoms with Gasteiger partial charge in [-0.2, -0.15) is 0 Å². The number of ether oxygens (including phenoxy) is 1. The number of likely N-dealkylation sites (N-methyl/N-ethyl adjacent to an activating group) is 1. The molecule has 6 heteroatoms. The summed E-state index contributed by atoms with van der Waals surface area (Å²) in [6.45, 7) is 3.18. The molecule has 2 unspecified atom stereocenters. The predicted octanol–water partition coefficient (Wildman–Crippen LogP) is -0.650. The summed E-state index contributed by atoms with van der Waals surface area (Å²) in [5, 5.41) is 5.91. The van der Waals surface area contributed by atoms with Crippen LogP contribution < -0.4 is 10.6 Å². The Morgan fingerprint density at radius 3 is 2.68 bits per heavy atom. The van der Waals surface area contributed by atoms with E-state index < -0.39 is 0 Å². The number of nitrogens with one attached hydrogen (secondary N) is 2. The summed E-state index contributed by atoms with van der Waals surface area (Å²) < 4.78 is 5.29. The molecule has 0 bridgehead atoms. The number of carbonyl (C=O) groups is 2. The summed E-state index contributed by atoms with van der Waals surface area (Å²) in [5.74, 6) is -0.0244. The van der Waals surface area contributed by atoms with Crippen LogP contribution in [0.4, 0.5) is 0 Å². The second-order valence-corrected chi connectivity index (χ2v) is 5.17. The van der Waals surface area contributed by atoms with Crippen molar-refractivity contribution in [2.45, 2.75) is 25.3 Å². The van der Waals surface area contributed by atoms with Crippen LogP contribution in [0.5, 0.6) is 0 Å². The molecule has 0 saturated carbocycles. The second kappa shape index (κ2) is 6.86. The summed E-state index contributed by atoms with van der Waals surface area (Å²) in [5.41, 5.74) is 0. The summed E-state index contributed by atoms with van der Waals surface area (Å²) in [6.07, 6.45) is 2.59. The van der Waals surface area contributed by atoms with Crippen LogP contribution in [0.1, 0.15) is 19.3 Å². The van der Waals surface area contributed by atoms with E-state index in [4.69, 9.17) is 4.74 Å². The van der Waals surface area contributed by atoms with Crippen molar-refractivity contribution in [3.63, 3.8) is 0 Å². The van der Waals surface area contributed by atoms with Gasteiger partial charge in [-0.1, -0.05) is 0 Å². The van der Waals surface area contributed by atoms with Crippen molar-refractivity contribution in [3.05, 3.63) is 0 Å². The van der Waals surface area contributed by atoms with E-state index in [1.165, 1.54) is 0 Å². The van der Waals surface area contributed by atoms with Crippen LogP contribution in [0.2, 0.25) is 0 Å². The van der Waals surface area contributed by atoms with Gasteiger partial charge in [-0.05, 0) is 19.9 Å². The number of nitrogens with zero attached hydrogens (tertiary/aromatic N) is 1. The highest BCUT2D eigenvalue weighted by Crippen LogP contribution is 2.13. The van der Waals surface area contributed by atoms with E-state index in [9.17, 15) is 9.59 Å². The van der Waals surface area contributed by atoms with E-state index in [0.29, 0.717) is 26.2 Å². The van der Waals surface area contributed by atoms with Crippen LogP contribution >= 0.6 is 0 Å². The molecule has 2 N–H and O–H groups in total. The van der Waals surface area contributed by atoms with Crippen LogP contribution in [0, 0.1) is 5.92 Å². The third-order valence-electron chi connectivity index (χ3n) is 3.88. The Kier molecular flexibility index (Phi) is 5.15. The van der Waals surface area contributed by atoms with Gasteiger partial charge in [0.25, 0.3) is 0 Å². The molecule has 2 atom stereocenters. The third kappa shape index (κ3) is 3.67. The molecule has 2 aliphatic heterocycles. The zero-order valence-corrected chi connectivity index (χ0v) is 11.5. The maximum Gasteiger partial charge on any atom is 0.227 e. The lowest BCUT2D eigenvalue weighted by Gasteiger charge is -2.18. The van der Waals surface area contributed by atoms with Crippen molar-refractivity contribution >= 4 is 11.8 Å². The molecule has 2 amide bonds. The molecule has 0 aromatic rings. The smallest absolute Gasteiger partial charge is 0.227 e. The highest BCUT2D eigenvalue weighted by molar-refractivity contribution is 5.81. The van der Waals surface area contributed by atoms with Crippen LogP contribution in [-0.2, 0) is 14.3 Å². The topological polar surface area (TPSA) is 70.7 Å². The molecule has 0 aliphatic carbocycles. The lowest BCUT2D eigenvalue weighted by Crippen LogP contribution is -2.43. The summed E-state index contributed by atoms with van der Waals surface area (Å²) in [4.78, 5) is 25.6. The van der Waals surface area contributed by atoms with E-state index in [1.54, 1.807) is 0 Å². The van der Waals surface area contributed by atoms with Gasteiger partial charge in [-0.3, -0.25) is 9.59 Å². The molecule has 2 saturated heterocycles. The molecule has 0 radical (unpaired) electrons. The Morgan fingerprint density at radius 1 is 1.26 bits per heavy atom. The number of carbonyl (C=O) groups excluding carboxylic acids is 2. The van der Waals surface area contributed by atoms with Gasteiger partial charge in [0.05, 0.1) is 19.1 Å². The van der Waals surface area contributed by atoms with Crippen LogP contribution in [0.3, 0.4) is 0 Å². The number of likely N-dealkylation sites (tertiary alicyclic amines) is 1. The standard InChI is InChI=1S/C13H23N3O3/c1-14-11-9-19-8-10(11)13(18)15-5-4-12(17)16-6-2-3-7-16/h10-11,14H,2-9H2,1H3,(H,15,18). The zero-order chi connectivity index (χ0) is 13.7. The number of rotatable bonds is 5. The lowest BCUT2D eigenvalue weighted by atomic mass is 10.0. The Labute approximate surface area is 113 Å². The van der Waals surface area contributed by atoms with Gasteiger partial charge in [0.2, 0.25) is 11.8 Å². The minimum Gasteiger partial charge on any atom is -0.379 e. The fraction of sp³-hybridized carbons (Fsp3) is 0.846. The molecule has 19 heavy (non-hydrogen) atoms. The molecule has 0 aromatic heterocycles. The van der Waals surface area contributed by atoms with Gasteiger partial charge in [0.15, 0.2) is 0 Å². The second-order valence-electron chi connectivity index (χ2n) is 5.17. The number of hydrogen-bond acceptors (Lipinski definition) is 4. The van der Waals surface area contributed by atoms with Crippen molar-refractivity contribution in [3.8, 4) is 0 Å². The summed E-state index contributed by atoms with van der Waals surface area (Å²) in [6, 6.07) is 0.0780. The molecule has 0 aromatic carbocycles. The molecule has 2 fully saturated rings. The van der Waals surface area contributed by atoms with Gasteiger partial charge in [0.1, 0.15) is 0 Å². The first-order chi connectivity index (χ1) is 9.22. The summed E-state index contributed by atoms with van der Waals surface area (Å²) >= 11 is 0. The Hall–Kier alpha value is -1.14. The van der Waals surface area contributed by atoms with Gasteiger partial charge >= 0.3 is 0 Å². The fourth-order valence-corrected chi connectivity index (χ4v) is 2.65. The Balaban J connectivity index is 1.67.